The number of hydrogen-bond acceptors (Lipinski definition) is 4. The zero-order valence-electron chi connectivity index (χ0n) is 18.3. The van der Waals surface area contributed by atoms with Crippen molar-refractivity contribution in [2.24, 2.45) is 7.05 Å². The SMILES string of the molecule is [C-]#[N+]c1ccc2c(n1)c(N1C[C@@H](CC)N(Cc3ccc(F)cc3F)C[C@@H]1C)cc(=O)n2C. The predicted octanol–water partition coefficient (Wildman–Crippen LogP) is 4.25. The molecule has 6 nitrogen and oxygen atoms in total. The summed E-state index contributed by atoms with van der Waals surface area (Å²) in [7, 11) is 1.70. The Hall–Kier alpha value is -3.31. The molecule has 0 unspecified atom stereocenters. The fourth-order valence-electron chi connectivity index (χ4n) is 4.48. The molecule has 0 radical (unpaired) electrons. The molecule has 1 saturated heterocycles. The minimum absolute atomic E-state index is 0.0232. The van der Waals surface area contributed by atoms with E-state index >= 15 is 0 Å². The van der Waals surface area contributed by atoms with Gasteiger partial charge in [0.05, 0.1) is 11.2 Å². The van der Waals surface area contributed by atoms with Crippen LogP contribution in [-0.2, 0) is 13.6 Å². The van der Waals surface area contributed by atoms with Crippen LogP contribution in [0.1, 0.15) is 25.8 Å². The molecule has 1 fully saturated rings. The first kappa shape index (κ1) is 21.9. The Labute approximate surface area is 185 Å². The quantitative estimate of drug-likeness (QED) is 0.573. The molecule has 0 amide bonds. The molecule has 0 spiro atoms. The number of anilines is 1. The number of hydrogen-bond donors (Lipinski definition) is 0. The molecule has 1 aromatic carbocycles. The van der Waals surface area contributed by atoms with Crippen molar-refractivity contribution in [1.82, 2.24) is 14.5 Å². The van der Waals surface area contributed by atoms with Crippen LogP contribution in [0.5, 0.6) is 0 Å². The Bertz CT molecular complexity index is 1270. The number of pyridine rings is 2. The topological polar surface area (TPSA) is 45.7 Å². The summed E-state index contributed by atoms with van der Waals surface area (Å²) in [6.45, 7) is 13.1. The summed E-state index contributed by atoms with van der Waals surface area (Å²) in [5, 5.41) is 0. The molecule has 0 aliphatic carbocycles. The number of aromatic nitrogens is 2. The van der Waals surface area contributed by atoms with Crippen molar-refractivity contribution in [3.63, 3.8) is 0 Å². The molecule has 32 heavy (non-hydrogen) atoms. The number of rotatable bonds is 4. The zero-order chi connectivity index (χ0) is 23.0. The van der Waals surface area contributed by atoms with Crippen molar-refractivity contribution in [3.05, 3.63) is 75.4 Å². The molecule has 166 valence electrons. The van der Waals surface area contributed by atoms with Gasteiger partial charge in [-0.05, 0) is 31.5 Å². The molecule has 2 atom stereocenters. The van der Waals surface area contributed by atoms with Crippen LogP contribution in [0.2, 0.25) is 0 Å². The standard InChI is InChI=1S/C24H25F2N5O/c1-5-18-14-31(15(2)12-30(18)13-16-6-7-17(25)10-19(16)26)21-11-23(32)29(4)20-8-9-22(27-3)28-24(20)21/h6-11,15,18H,5,12-14H2,1-2,4H3/t15-,18+/m0/s1. The molecule has 8 heteroatoms. The van der Waals surface area contributed by atoms with Crippen LogP contribution in [0.4, 0.5) is 20.3 Å². The summed E-state index contributed by atoms with van der Waals surface area (Å²) in [6, 6.07) is 8.80. The number of nitrogens with zero attached hydrogens (tertiary/aromatic N) is 5. The Morgan fingerprint density at radius 3 is 2.66 bits per heavy atom. The summed E-state index contributed by atoms with van der Waals surface area (Å²) in [6.07, 6.45) is 0.829. The van der Waals surface area contributed by atoms with Gasteiger partial charge in [0, 0.05) is 56.5 Å². The average Bonchev–Trinajstić information content (AvgIpc) is 2.78. The Kier molecular flexibility index (Phi) is 5.94. The third-order valence-corrected chi connectivity index (χ3v) is 6.29. The van der Waals surface area contributed by atoms with Crippen LogP contribution in [0.25, 0.3) is 15.9 Å². The second-order valence-electron chi connectivity index (χ2n) is 8.30. The minimum atomic E-state index is -0.583. The molecule has 4 rings (SSSR count). The van der Waals surface area contributed by atoms with Crippen molar-refractivity contribution < 1.29 is 8.78 Å². The van der Waals surface area contributed by atoms with E-state index < -0.39 is 11.6 Å². The van der Waals surface area contributed by atoms with Gasteiger partial charge in [0.1, 0.15) is 11.6 Å². The third-order valence-electron chi connectivity index (χ3n) is 6.29. The van der Waals surface area contributed by atoms with Gasteiger partial charge < -0.3 is 14.3 Å². The van der Waals surface area contributed by atoms with Crippen molar-refractivity contribution in [1.29, 1.82) is 0 Å². The molecule has 1 aliphatic rings. The normalized spacial score (nSPS) is 19.3. The number of fused-ring (bicyclic) bond motifs is 1. The average molecular weight is 437 g/mol. The lowest BCUT2D eigenvalue weighted by atomic mass is 10.0. The van der Waals surface area contributed by atoms with Gasteiger partial charge in [-0.3, -0.25) is 9.69 Å². The van der Waals surface area contributed by atoms with Gasteiger partial charge >= 0.3 is 0 Å². The van der Waals surface area contributed by atoms with E-state index in [4.69, 9.17) is 6.57 Å². The van der Waals surface area contributed by atoms with Gasteiger partial charge in [-0.25, -0.2) is 8.78 Å². The van der Waals surface area contributed by atoms with Crippen LogP contribution < -0.4 is 10.5 Å². The summed E-state index contributed by atoms with van der Waals surface area (Å²) in [5.41, 5.74) is 2.34. The summed E-state index contributed by atoms with van der Waals surface area (Å²) >= 11 is 0. The first-order chi connectivity index (χ1) is 15.3. The van der Waals surface area contributed by atoms with Crippen molar-refractivity contribution in [3.8, 4) is 0 Å². The summed E-state index contributed by atoms with van der Waals surface area (Å²) in [4.78, 5) is 25.0. The van der Waals surface area contributed by atoms with Crippen LogP contribution in [-0.4, -0.2) is 39.6 Å². The van der Waals surface area contributed by atoms with Crippen molar-refractivity contribution in [2.45, 2.75) is 38.9 Å². The third kappa shape index (κ3) is 3.96. The van der Waals surface area contributed by atoms with Gasteiger partial charge in [0.2, 0.25) is 5.52 Å². The molecular weight excluding hydrogens is 412 g/mol. The van der Waals surface area contributed by atoms with Crippen LogP contribution >= 0.6 is 0 Å². The Morgan fingerprint density at radius 2 is 1.97 bits per heavy atom. The molecule has 1 aliphatic heterocycles. The lowest BCUT2D eigenvalue weighted by Crippen LogP contribution is -2.57. The number of halogens is 2. The molecule has 2 aromatic heterocycles. The summed E-state index contributed by atoms with van der Waals surface area (Å²) < 4.78 is 29.1. The second kappa shape index (κ2) is 8.67. The van der Waals surface area contributed by atoms with Gasteiger partial charge in [-0.15, -0.1) is 4.98 Å². The maximum absolute atomic E-state index is 14.3. The van der Waals surface area contributed by atoms with E-state index in [0.29, 0.717) is 41.9 Å². The van der Waals surface area contributed by atoms with E-state index in [-0.39, 0.29) is 23.5 Å². The van der Waals surface area contributed by atoms with E-state index in [0.717, 1.165) is 12.5 Å². The lowest BCUT2D eigenvalue weighted by molar-refractivity contribution is 0.141. The van der Waals surface area contributed by atoms with E-state index in [1.54, 1.807) is 25.2 Å². The van der Waals surface area contributed by atoms with Gasteiger partial charge in [-0.1, -0.05) is 19.6 Å². The van der Waals surface area contributed by atoms with E-state index in [2.05, 4.69) is 33.5 Å². The number of benzene rings is 1. The fraction of sp³-hybridized carbons (Fsp3) is 0.375. The maximum Gasteiger partial charge on any atom is 0.270 e. The monoisotopic (exact) mass is 437 g/mol. The molecule has 3 aromatic rings. The van der Waals surface area contributed by atoms with Crippen molar-refractivity contribution in [2.75, 3.05) is 18.0 Å². The van der Waals surface area contributed by atoms with Crippen LogP contribution in [0.3, 0.4) is 0 Å². The lowest BCUT2D eigenvalue weighted by Gasteiger charge is -2.46. The molecule has 0 saturated carbocycles. The fourth-order valence-corrected chi connectivity index (χ4v) is 4.48. The zero-order valence-corrected chi connectivity index (χ0v) is 18.3. The van der Waals surface area contributed by atoms with Crippen molar-refractivity contribution >= 4 is 22.5 Å². The summed E-state index contributed by atoms with van der Waals surface area (Å²) in [5.74, 6) is -0.842. The Morgan fingerprint density at radius 1 is 1.19 bits per heavy atom. The minimum Gasteiger partial charge on any atom is -0.362 e. The number of aryl methyl sites for hydroxylation is 1. The Balaban J connectivity index is 1.70. The van der Waals surface area contributed by atoms with E-state index in [9.17, 15) is 13.6 Å². The van der Waals surface area contributed by atoms with Crippen LogP contribution in [0.15, 0.2) is 41.2 Å². The van der Waals surface area contributed by atoms with Crippen LogP contribution in [0, 0.1) is 18.2 Å². The highest BCUT2D eigenvalue weighted by Gasteiger charge is 2.33. The second-order valence-corrected chi connectivity index (χ2v) is 8.30. The number of piperazine rings is 1. The van der Waals surface area contributed by atoms with Gasteiger partial charge in [0.15, 0.2) is 0 Å². The molecular formula is C24H25F2N5O. The molecule has 0 bridgehead atoms. The first-order valence-corrected chi connectivity index (χ1v) is 10.6. The highest BCUT2D eigenvalue weighted by atomic mass is 19.1. The highest BCUT2D eigenvalue weighted by Crippen LogP contribution is 2.31. The molecule has 0 N–H and O–H groups in total. The first-order valence-electron chi connectivity index (χ1n) is 10.6. The van der Waals surface area contributed by atoms with E-state index in [1.807, 2.05) is 0 Å². The maximum atomic E-state index is 14.3. The largest absolute Gasteiger partial charge is 0.362 e. The molecule has 3 heterocycles. The van der Waals surface area contributed by atoms with Gasteiger partial charge in [0.25, 0.3) is 11.4 Å². The smallest absolute Gasteiger partial charge is 0.270 e. The van der Waals surface area contributed by atoms with Gasteiger partial charge in [-0.2, -0.15) is 0 Å². The predicted molar refractivity (Wildman–Crippen MR) is 121 cm³/mol. The van der Waals surface area contributed by atoms with E-state index in [1.165, 1.54) is 16.7 Å². The highest BCUT2D eigenvalue weighted by molar-refractivity contribution is 5.89.